The molecule has 0 radical (unpaired) electrons. The van der Waals surface area contributed by atoms with Crippen molar-refractivity contribution in [2.45, 2.75) is 30.7 Å². The lowest BCUT2D eigenvalue weighted by atomic mass is 9.72. The highest BCUT2D eigenvalue weighted by Gasteiger charge is 2.47. The van der Waals surface area contributed by atoms with E-state index in [0.717, 1.165) is 19.8 Å². The smallest absolute Gasteiger partial charge is 0.0723 e. The summed E-state index contributed by atoms with van der Waals surface area (Å²) in [5.41, 5.74) is 1.57. The van der Waals surface area contributed by atoms with Gasteiger partial charge in [-0.2, -0.15) is 0 Å². The van der Waals surface area contributed by atoms with E-state index >= 15 is 0 Å². The zero-order valence-electron chi connectivity index (χ0n) is 8.96. The first kappa shape index (κ1) is 9.43. The first-order valence-electron chi connectivity index (χ1n) is 5.87. The molecule has 1 aromatic heterocycles. The Bertz CT molecular complexity index is 310. The second-order valence-electron chi connectivity index (χ2n) is 4.74. The van der Waals surface area contributed by atoms with E-state index in [4.69, 9.17) is 4.74 Å². The van der Waals surface area contributed by atoms with E-state index in [-0.39, 0.29) is 5.41 Å². The van der Waals surface area contributed by atoms with Gasteiger partial charge in [0.05, 0.1) is 18.6 Å². The minimum atomic E-state index is 0.226. The zero-order valence-corrected chi connectivity index (χ0v) is 8.96. The molecule has 1 aromatic rings. The summed E-state index contributed by atoms with van der Waals surface area (Å²) in [4.78, 5) is 3.36. The molecule has 2 aliphatic rings. The molecular weight excluding hydrogens is 188 g/mol. The molecule has 0 saturated carbocycles. The van der Waals surface area contributed by atoms with Gasteiger partial charge in [0.2, 0.25) is 0 Å². The van der Waals surface area contributed by atoms with Gasteiger partial charge < -0.3 is 15.0 Å². The summed E-state index contributed by atoms with van der Waals surface area (Å²) >= 11 is 0. The van der Waals surface area contributed by atoms with Crippen LogP contribution in [0.2, 0.25) is 0 Å². The van der Waals surface area contributed by atoms with E-state index in [9.17, 15) is 0 Å². The summed E-state index contributed by atoms with van der Waals surface area (Å²) in [5, 5.41) is 3.65. The van der Waals surface area contributed by atoms with E-state index < -0.39 is 0 Å². The highest BCUT2D eigenvalue weighted by Crippen LogP contribution is 2.37. The topological polar surface area (TPSA) is 37.0 Å². The molecule has 2 saturated heterocycles. The molecule has 0 amide bonds. The van der Waals surface area contributed by atoms with Crippen molar-refractivity contribution >= 4 is 0 Å². The van der Waals surface area contributed by atoms with Crippen LogP contribution < -0.4 is 5.32 Å². The monoisotopic (exact) mass is 206 g/mol. The lowest BCUT2D eigenvalue weighted by Gasteiger charge is -2.48. The first-order valence-corrected chi connectivity index (χ1v) is 5.87. The molecule has 3 nitrogen and oxygen atoms in total. The van der Waals surface area contributed by atoms with Gasteiger partial charge in [0.25, 0.3) is 0 Å². The van der Waals surface area contributed by atoms with Crippen LogP contribution in [-0.2, 0) is 10.2 Å². The third kappa shape index (κ3) is 1.42. The molecule has 3 heteroatoms. The van der Waals surface area contributed by atoms with Gasteiger partial charge in [0.1, 0.15) is 0 Å². The number of hydrogen-bond donors (Lipinski definition) is 2. The van der Waals surface area contributed by atoms with Gasteiger partial charge in [0, 0.05) is 17.9 Å². The number of H-pyrrole nitrogens is 1. The highest BCUT2D eigenvalue weighted by molar-refractivity contribution is 5.25. The number of hydrogen-bond acceptors (Lipinski definition) is 2. The van der Waals surface area contributed by atoms with Crippen molar-refractivity contribution in [3.8, 4) is 0 Å². The third-order valence-corrected chi connectivity index (χ3v) is 3.83. The Hall–Kier alpha value is -0.800. The average molecular weight is 206 g/mol. The van der Waals surface area contributed by atoms with Crippen LogP contribution in [0.15, 0.2) is 18.3 Å². The maximum atomic E-state index is 5.46. The quantitative estimate of drug-likeness (QED) is 0.768. The fourth-order valence-corrected chi connectivity index (χ4v) is 2.83. The summed E-state index contributed by atoms with van der Waals surface area (Å²) in [6, 6.07) is 4.87. The van der Waals surface area contributed by atoms with Crippen LogP contribution in [0.1, 0.15) is 25.0 Å². The van der Waals surface area contributed by atoms with Crippen LogP contribution in [0.4, 0.5) is 0 Å². The predicted molar refractivity (Wildman–Crippen MR) is 58.9 cm³/mol. The number of ether oxygens (including phenoxy) is 1. The summed E-state index contributed by atoms with van der Waals surface area (Å²) in [7, 11) is 0. The maximum absolute atomic E-state index is 5.46. The van der Waals surface area contributed by atoms with Gasteiger partial charge in [-0.05, 0) is 31.5 Å². The molecule has 0 spiro atoms. The van der Waals surface area contributed by atoms with Crippen molar-refractivity contribution in [2.24, 2.45) is 0 Å². The molecular formula is C12H18N2O. The summed E-state index contributed by atoms with van der Waals surface area (Å²) in [6.07, 6.45) is 5.96. The summed E-state index contributed by atoms with van der Waals surface area (Å²) < 4.78 is 5.46. The number of rotatable bonds is 2. The SMILES string of the molecule is c1c[nH]c(C2(C3CCCCN3)COC2)c1. The van der Waals surface area contributed by atoms with Gasteiger partial charge in [-0.25, -0.2) is 0 Å². The van der Waals surface area contributed by atoms with Crippen molar-refractivity contribution in [3.05, 3.63) is 24.0 Å². The fourth-order valence-electron chi connectivity index (χ4n) is 2.83. The van der Waals surface area contributed by atoms with Crippen LogP contribution in [0.25, 0.3) is 0 Å². The molecule has 3 heterocycles. The Kier molecular flexibility index (Phi) is 2.29. The van der Waals surface area contributed by atoms with Gasteiger partial charge in [-0.3, -0.25) is 0 Å². The van der Waals surface area contributed by atoms with Crippen molar-refractivity contribution in [1.29, 1.82) is 0 Å². The molecule has 15 heavy (non-hydrogen) atoms. The van der Waals surface area contributed by atoms with E-state index in [2.05, 4.69) is 22.4 Å². The van der Waals surface area contributed by atoms with Crippen molar-refractivity contribution in [2.75, 3.05) is 19.8 Å². The molecule has 3 rings (SSSR count). The van der Waals surface area contributed by atoms with Crippen LogP contribution in [0, 0.1) is 0 Å². The normalized spacial score (nSPS) is 29.7. The molecule has 0 aromatic carbocycles. The van der Waals surface area contributed by atoms with E-state index in [0.29, 0.717) is 6.04 Å². The Morgan fingerprint density at radius 1 is 1.33 bits per heavy atom. The largest absolute Gasteiger partial charge is 0.379 e. The average Bonchev–Trinajstić information content (AvgIpc) is 2.72. The van der Waals surface area contributed by atoms with Gasteiger partial charge >= 0.3 is 0 Å². The van der Waals surface area contributed by atoms with Crippen LogP contribution in [0.5, 0.6) is 0 Å². The van der Waals surface area contributed by atoms with Crippen molar-refractivity contribution in [3.63, 3.8) is 0 Å². The number of piperidine rings is 1. The second kappa shape index (κ2) is 3.65. The second-order valence-corrected chi connectivity index (χ2v) is 4.74. The number of aromatic nitrogens is 1. The summed E-state index contributed by atoms with van der Waals surface area (Å²) in [6.45, 7) is 2.89. The third-order valence-electron chi connectivity index (χ3n) is 3.83. The molecule has 2 fully saturated rings. The van der Waals surface area contributed by atoms with Crippen molar-refractivity contribution in [1.82, 2.24) is 10.3 Å². The van der Waals surface area contributed by atoms with Gasteiger partial charge in [-0.15, -0.1) is 0 Å². The van der Waals surface area contributed by atoms with Crippen molar-refractivity contribution < 1.29 is 4.74 Å². The Labute approximate surface area is 90.2 Å². The molecule has 1 unspecified atom stereocenters. The predicted octanol–water partition coefficient (Wildman–Crippen LogP) is 1.42. The lowest BCUT2D eigenvalue weighted by molar-refractivity contribution is -0.0845. The van der Waals surface area contributed by atoms with Crippen LogP contribution >= 0.6 is 0 Å². The van der Waals surface area contributed by atoms with E-state index in [1.165, 1.54) is 25.0 Å². The Morgan fingerprint density at radius 3 is 2.80 bits per heavy atom. The lowest BCUT2D eigenvalue weighted by Crippen LogP contribution is -2.61. The molecule has 82 valence electrons. The number of aromatic amines is 1. The van der Waals surface area contributed by atoms with Crippen LogP contribution in [0.3, 0.4) is 0 Å². The minimum Gasteiger partial charge on any atom is -0.379 e. The number of nitrogens with one attached hydrogen (secondary N) is 2. The van der Waals surface area contributed by atoms with Crippen LogP contribution in [-0.4, -0.2) is 30.8 Å². The molecule has 1 atom stereocenters. The highest BCUT2D eigenvalue weighted by atomic mass is 16.5. The Morgan fingerprint density at radius 2 is 2.27 bits per heavy atom. The molecule has 0 bridgehead atoms. The first-order chi connectivity index (χ1) is 7.42. The summed E-state index contributed by atoms with van der Waals surface area (Å²) in [5.74, 6) is 0. The molecule has 0 aliphatic carbocycles. The zero-order chi connectivity index (χ0) is 10.1. The Balaban J connectivity index is 1.85. The van der Waals surface area contributed by atoms with E-state index in [1.54, 1.807) is 0 Å². The maximum Gasteiger partial charge on any atom is 0.0723 e. The van der Waals surface area contributed by atoms with E-state index in [1.807, 2.05) is 6.20 Å². The minimum absolute atomic E-state index is 0.226. The standard InChI is InChI=1S/C12H18N2O/c1-2-6-13-10(4-1)12(8-15-9-12)11-5-3-7-14-11/h3,5,7,10,13-14H,1-2,4,6,8-9H2. The fraction of sp³-hybridized carbons (Fsp3) is 0.667. The molecule has 2 N–H and O–H groups in total. The van der Waals surface area contributed by atoms with Gasteiger partial charge in [-0.1, -0.05) is 6.42 Å². The van der Waals surface area contributed by atoms with Gasteiger partial charge in [0.15, 0.2) is 0 Å². The molecule has 2 aliphatic heterocycles.